The van der Waals surface area contributed by atoms with E-state index < -0.39 is 0 Å². The number of H-pyrrole nitrogens is 2. The molecule has 0 aromatic carbocycles. The van der Waals surface area contributed by atoms with Gasteiger partial charge in [-0.1, -0.05) is 0 Å². The van der Waals surface area contributed by atoms with E-state index in [1.54, 1.807) is 13.0 Å². The molecule has 0 fully saturated rings. The number of fused-ring (bicyclic) bond motifs is 1. The second kappa shape index (κ2) is 2.87. The summed E-state index contributed by atoms with van der Waals surface area (Å²) in [6.07, 6.45) is 0. The van der Waals surface area contributed by atoms with Crippen molar-refractivity contribution < 1.29 is 0 Å². The molecule has 5 nitrogen and oxygen atoms in total. The lowest BCUT2D eigenvalue weighted by atomic mass is 10.4. The minimum atomic E-state index is -0.357. The summed E-state index contributed by atoms with van der Waals surface area (Å²) in [4.78, 5) is 28.7. The molecule has 0 spiro atoms. The normalized spacial score (nSPS) is 11.0. The Labute approximate surface area is 79.4 Å². The number of hydrogen-bond acceptors (Lipinski definition) is 2. The molecule has 0 aliphatic rings. The molecular formula is C9H11N3O2. The standard InChI is InChI=1S/C9H11N3O2/c1-3-12-8(13)7-6(11-9(12)14)4-5(2)10-7/h4,10H,3H2,1-2H3,(H,11,14). The summed E-state index contributed by atoms with van der Waals surface area (Å²) >= 11 is 0. The van der Waals surface area contributed by atoms with Gasteiger partial charge in [0.15, 0.2) is 0 Å². The highest BCUT2D eigenvalue weighted by Gasteiger charge is 2.07. The average Bonchev–Trinajstić information content (AvgIpc) is 2.47. The maximum Gasteiger partial charge on any atom is 0.328 e. The highest BCUT2D eigenvalue weighted by molar-refractivity contribution is 5.74. The van der Waals surface area contributed by atoms with Crippen molar-refractivity contribution in [2.24, 2.45) is 0 Å². The van der Waals surface area contributed by atoms with Crippen LogP contribution >= 0.6 is 0 Å². The Morgan fingerprint density at radius 3 is 2.71 bits per heavy atom. The zero-order valence-electron chi connectivity index (χ0n) is 8.05. The van der Waals surface area contributed by atoms with Crippen molar-refractivity contribution in [3.8, 4) is 0 Å². The van der Waals surface area contributed by atoms with Crippen LogP contribution in [0, 0.1) is 6.92 Å². The summed E-state index contributed by atoms with van der Waals surface area (Å²) in [5.74, 6) is 0. The van der Waals surface area contributed by atoms with Crippen LogP contribution in [0.3, 0.4) is 0 Å². The molecule has 14 heavy (non-hydrogen) atoms. The van der Waals surface area contributed by atoms with Crippen LogP contribution in [0.2, 0.25) is 0 Å². The highest BCUT2D eigenvalue weighted by atomic mass is 16.2. The zero-order chi connectivity index (χ0) is 10.3. The van der Waals surface area contributed by atoms with E-state index in [0.29, 0.717) is 17.6 Å². The summed E-state index contributed by atoms with van der Waals surface area (Å²) in [5, 5.41) is 0. The summed E-state index contributed by atoms with van der Waals surface area (Å²) in [6, 6.07) is 1.75. The predicted octanol–water partition coefficient (Wildman–Crippen LogP) is 0.346. The average molecular weight is 193 g/mol. The first-order valence-corrected chi connectivity index (χ1v) is 4.46. The number of rotatable bonds is 1. The van der Waals surface area contributed by atoms with Gasteiger partial charge in [-0.3, -0.25) is 9.36 Å². The quantitative estimate of drug-likeness (QED) is 0.685. The van der Waals surface area contributed by atoms with Crippen LogP contribution in [0.5, 0.6) is 0 Å². The fourth-order valence-electron chi connectivity index (χ4n) is 1.55. The molecule has 2 rings (SSSR count). The van der Waals surface area contributed by atoms with E-state index in [0.717, 1.165) is 10.3 Å². The molecule has 0 amide bonds. The van der Waals surface area contributed by atoms with Crippen molar-refractivity contribution in [2.75, 3.05) is 0 Å². The van der Waals surface area contributed by atoms with Crippen LogP contribution < -0.4 is 11.2 Å². The smallest absolute Gasteiger partial charge is 0.328 e. The summed E-state index contributed by atoms with van der Waals surface area (Å²) in [6.45, 7) is 3.98. The highest BCUT2D eigenvalue weighted by Crippen LogP contribution is 2.05. The minimum Gasteiger partial charge on any atom is -0.353 e. The third kappa shape index (κ3) is 1.09. The molecular weight excluding hydrogens is 182 g/mol. The fraction of sp³-hybridized carbons (Fsp3) is 0.333. The molecule has 5 heteroatoms. The molecule has 2 heterocycles. The first-order valence-electron chi connectivity index (χ1n) is 4.46. The maximum absolute atomic E-state index is 11.7. The van der Waals surface area contributed by atoms with Gasteiger partial charge in [0.05, 0.1) is 5.52 Å². The Morgan fingerprint density at radius 2 is 2.07 bits per heavy atom. The molecule has 0 saturated heterocycles. The van der Waals surface area contributed by atoms with Crippen LogP contribution in [-0.4, -0.2) is 14.5 Å². The number of nitrogens with zero attached hydrogens (tertiary/aromatic N) is 1. The Bertz CT molecular complexity index is 588. The number of aromatic amines is 2. The van der Waals surface area contributed by atoms with Crippen molar-refractivity contribution in [1.29, 1.82) is 0 Å². The molecule has 0 bridgehead atoms. The van der Waals surface area contributed by atoms with E-state index in [1.165, 1.54) is 0 Å². The van der Waals surface area contributed by atoms with Crippen LogP contribution in [0.1, 0.15) is 12.6 Å². The predicted molar refractivity (Wildman–Crippen MR) is 53.6 cm³/mol. The molecule has 0 saturated carbocycles. The van der Waals surface area contributed by atoms with Gasteiger partial charge >= 0.3 is 5.69 Å². The number of hydrogen-bond donors (Lipinski definition) is 2. The van der Waals surface area contributed by atoms with Gasteiger partial charge < -0.3 is 9.97 Å². The van der Waals surface area contributed by atoms with Gasteiger partial charge in [0.2, 0.25) is 0 Å². The molecule has 0 aliphatic carbocycles. The van der Waals surface area contributed by atoms with E-state index in [4.69, 9.17) is 0 Å². The lowest BCUT2D eigenvalue weighted by Gasteiger charge is -1.98. The van der Waals surface area contributed by atoms with E-state index >= 15 is 0 Å². The van der Waals surface area contributed by atoms with Gasteiger partial charge in [-0.15, -0.1) is 0 Å². The van der Waals surface area contributed by atoms with Gasteiger partial charge in [-0.2, -0.15) is 0 Å². The Morgan fingerprint density at radius 1 is 1.36 bits per heavy atom. The van der Waals surface area contributed by atoms with Gasteiger partial charge in [0.1, 0.15) is 5.52 Å². The lowest BCUT2D eigenvalue weighted by molar-refractivity contribution is 0.683. The van der Waals surface area contributed by atoms with E-state index in [9.17, 15) is 9.59 Å². The van der Waals surface area contributed by atoms with Crippen molar-refractivity contribution in [2.45, 2.75) is 20.4 Å². The Balaban J connectivity index is 3.00. The zero-order valence-corrected chi connectivity index (χ0v) is 8.05. The van der Waals surface area contributed by atoms with Gasteiger partial charge in [-0.25, -0.2) is 4.79 Å². The molecule has 0 aliphatic heterocycles. The monoisotopic (exact) mass is 193 g/mol. The molecule has 74 valence electrons. The third-order valence-electron chi connectivity index (χ3n) is 2.21. The van der Waals surface area contributed by atoms with Gasteiger partial charge in [-0.05, 0) is 19.9 Å². The Hall–Kier alpha value is -1.78. The number of nitrogens with one attached hydrogen (secondary N) is 2. The van der Waals surface area contributed by atoms with E-state index in [1.807, 2.05) is 6.92 Å². The molecule has 0 unspecified atom stereocenters. The second-order valence-corrected chi connectivity index (χ2v) is 3.22. The number of aromatic nitrogens is 3. The summed E-state index contributed by atoms with van der Waals surface area (Å²) in [5.41, 5.74) is 1.27. The van der Waals surface area contributed by atoms with Crippen LogP contribution in [-0.2, 0) is 6.54 Å². The van der Waals surface area contributed by atoms with E-state index in [-0.39, 0.29) is 11.2 Å². The Kier molecular flexibility index (Phi) is 1.80. The largest absolute Gasteiger partial charge is 0.353 e. The van der Waals surface area contributed by atoms with Crippen LogP contribution in [0.15, 0.2) is 15.7 Å². The summed E-state index contributed by atoms with van der Waals surface area (Å²) in [7, 11) is 0. The van der Waals surface area contributed by atoms with Crippen molar-refractivity contribution in [1.82, 2.24) is 14.5 Å². The molecule has 2 aromatic heterocycles. The SMILES string of the molecule is CCn1c(=O)[nH]c2cc(C)[nH]c2c1=O. The van der Waals surface area contributed by atoms with E-state index in [2.05, 4.69) is 9.97 Å². The van der Waals surface area contributed by atoms with Gasteiger partial charge in [0.25, 0.3) is 5.56 Å². The maximum atomic E-state index is 11.7. The summed E-state index contributed by atoms with van der Waals surface area (Å²) < 4.78 is 1.16. The second-order valence-electron chi connectivity index (χ2n) is 3.22. The topological polar surface area (TPSA) is 70.7 Å². The first-order chi connectivity index (χ1) is 6.63. The minimum absolute atomic E-state index is 0.264. The van der Waals surface area contributed by atoms with Gasteiger partial charge in [0, 0.05) is 12.2 Å². The van der Waals surface area contributed by atoms with Crippen LogP contribution in [0.25, 0.3) is 11.0 Å². The fourth-order valence-corrected chi connectivity index (χ4v) is 1.55. The van der Waals surface area contributed by atoms with Crippen molar-refractivity contribution in [3.63, 3.8) is 0 Å². The van der Waals surface area contributed by atoms with Crippen molar-refractivity contribution >= 4 is 11.0 Å². The third-order valence-corrected chi connectivity index (χ3v) is 2.21. The molecule has 2 N–H and O–H groups in total. The number of aryl methyl sites for hydroxylation is 1. The molecule has 2 aromatic rings. The molecule has 0 atom stereocenters. The van der Waals surface area contributed by atoms with Crippen LogP contribution in [0.4, 0.5) is 0 Å². The van der Waals surface area contributed by atoms with Crippen molar-refractivity contribution in [3.05, 3.63) is 32.6 Å². The first kappa shape index (κ1) is 8.80. The molecule has 0 radical (unpaired) electrons. The lowest BCUT2D eigenvalue weighted by Crippen LogP contribution is -2.34.